The summed E-state index contributed by atoms with van der Waals surface area (Å²) in [7, 11) is 3.04. The van der Waals surface area contributed by atoms with Crippen LogP contribution in [0.4, 0.5) is 5.69 Å². The van der Waals surface area contributed by atoms with Crippen LogP contribution >= 0.6 is 11.3 Å². The second-order valence-corrected chi connectivity index (χ2v) is 11.5. The minimum absolute atomic E-state index is 0.0568. The summed E-state index contributed by atoms with van der Waals surface area (Å²) in [6.45, 7) is 3.67. The van der Waals surface area contributed by atoms with Crippen LogP contribution in [0, 0.1) is 17.0 Å². The van der Waals surface area contributed by atoms with Gasteiger partial charge < -0.3 is 18.6 Å². The van der Waals surface area contributed by atoms with Crippen LogP contribution in [0.2, 0.25) is 0 Å². The van der Waals surface area contributed by atoms with Gasteiger partial charge in [-0.25, -0.2) is 9.79 Å². The van der Waals surface area contributed by atoms with Gasteiger partial charge in [0.1, 0.15) is 11.5 Å². The molecule has 11 nitrogen and oxygen atoms in total. The van der Waals surface area contributed by atoms with Gasteiger partial charge in [0.05, 0.1) is 47.6 Å². The van der Waals surface area contributed by atoms with Gasteiger partial charge in [-0.2, -0.15) is 0 Å². The van der Waals surface area contributed by atoms with Crippen LogP contribution in [0.1, 0.15) is 35.4 Å². The lowest BCUT2D eigenvalue weighted by molar-refractivity contribution is -0.384. The number of hydrogen-bond acceptors (Lipinski definition) is 10. The maximum atomic E-state index is 14.2. The second-order valence-electron chi connectivity index (χ2n) is 10.5. The Balaban J connectivity index is 1.57. The highest BCUT2D eigenvalue weighted by Crippen LogP contribution is 2.38. The van der Waals surface area contributed by atoms with Crippen molar-refractivity contribution in [3.63, 3.8) is 0 Å². The number of nitro benzene ring substituents is 1. The van der Waals surface area contributed by atoms with Crippen LogP contribution in [0.25, 0.3) is 23.1 Å². The van der Waals surface area contributed by atoms with Crippen molar-refractivity contribution in [1.29, 1.82) is 0 Å². The van der Waals surface area contributed by atoms with Gasteiger partial charge in [-0.3, -0.25) is 19.5 Å². The predicted octanol–water partition coefficient (Wildman–Crippen LogP) is 5.43. The smallest absolute Gasteiger partial charge is 0.338 e. The second kappa shape index (κ2) is 12.9. The lowest BCUT2D eigenvalue weighted by Crippen LogP contribution is -2.40. The molecule has 3 aromatic carbocycles. The van der Waals surface area contributed by atoms with Crippen molar-refractivity contribution in [2.24, 2.45) is 4.99 Å². The normalized spacial score (nSPS) is 14.4. The van der Waals surface area contributed by atoms with Crippen LogP contribution in [0.3, 0.4) is 0 Å². The monoisotopic (exact) mass is 651 g/mol. The number of aryl methyl sites for hydroxylation is 1. The fraction of sp³-hybridized carbons (Fsp3) is 0.171. The Morgan fingerprint density at radius 1 is 1.04 bits per heavy atom. The SMILES string of the molecule is CCOC(=O)C1=C(c2ccccc2)N=c2s/c(=C\c3ccc(-c4cc([N+](=O)[O-])ccc4C)o3)c(=O)n2C1c1ccc(OC)c(OC)c1. The molecule has 1 atom stereocenters. The molecule has 47 heavy (non-hydrogen) atoms. The number of fused-ring (bicyclic) bond motifs is 1. The molecule has 1 aliphatic rings. The molecule has 0 bridgehead atoms. The highest BCUT2D eigenvalue weighted by molar-refractivity contribution is 7.07. The Labute approximate surface area is 272 Å². The molecule has 2 aromatic heterocycles. The standard InChI is InChI=1S/C35H29N3O8S/c1-5-45-34(40)30-31(21-9-7-6-8-10-21)36-35-37(32(30)22-12-15-27(43-3)28(17-22)44-4)33(39)29(47-35)19-24-14-16-26(46-24)25-18-23(38(41)42)13-11-20(25)2/h6-19,32H,5H2,1-4H3/b29-19-. The van der Waals surface area contributed by atoms with Gasteiger partial charge in [0, 0.05) is 29.3 Å². The first-order chi connectivity index (χ1) is 22.7. The summed E-state index contributed by atoms with van der Waals surface area (Å²) in [5, 5.41) is 11.4. The number of hydrogen-bond donors (Lipinski definition) is 0. The zero-order chi connectivity index (χ0) is 33.2. The summed E-state index contributed by atoms with van der Waals surface area (Å²) in [5.74, 6) is 1.10. The number of esters is 1. The maximum absolute atomic E-state index is 14.2. The Kier molecular flexibility index (Phi) is 8.59. The van der Waals surface area contributed by atoms with Crippen molar-refractivity contribution < 1.29 is 28.3 Å². The highest BCUT2D eigenvalue weighted by atomic mass is 32.1. The number of nitrogens with zero attached hydrogens (tertiary/aromatic N) is 3. The molecule has 0 radical (unpaired) electrons. The zero-order valence-corrected chi connectivity index (χ0v) is 26.7. The number of methoxy groups -OCH3 is 2. The van der Waals surface area contributed by atoms with E-state index in [1.54, 1.807) is 49.4 Å². The van der Waals surface area contributed by atoms with Crippen molar-refractivity contribution in [3.05, 3.63) is 137 Å². The van der Waals surface area contributed by atoms with E-state index in [0.717, 1.165) is 16.9 Å². The Hall–Kier alpha value is -5.75. The van der Waals surface area contributed by atoms with Crippen molar-refractivity contribution in [2.45, 2.75) is 19.9 Å². The molecule has 6 rings (SSSR count). The van der Waals surface area contributed by atoms with Crippen molar-refractivity contribution >= 4 is 34.8 Å². The summed E-state index contributed by atoms with van der Waals surface area (Å²) in [6.07, 6.45) is 1.60. The molecule has 0 amide bonds. The van der Waals surface area contributed by atoms with E-state index in [9.17, 15) is 19.7 Å². The Morgan fingerprint density at radius 2 is 1.81 bits per heavy atom. The van der Waals surface area contributed by atoms with Crippen LogP contribution in [0.15, 0.2) is 98.6 Å². The third kappa shape index (κ3) is 5.86. The average molecular weight is 652 g/mol. The van der Waals surface area contributed by atoms with Gasteiger partial charge in [0.2, 0.25) is 0 Å². The third-order valence-corrected chi connectivity index (χ3v) is 8.68. The molecule has 0 aliphatic carbocycles. The van der Waals surface area contributed by atoms with Crippen molar-refractivity contribution in [1.82, 2.24) is 4.57 Å². The van der Waals surface area contributed by atoms with E-state index in [2.05, 4.69) is 0 Å². The number of non-ortho nitro benzene ring substituents is 1. The van der Waals surface area contributed by atoms with E-state index < -0.39 is 22.5 Å². The largest absolute Gasteiger partial charge is 0.493 e. The molecular weight excluding hydrogens is 622 g/mol. The molecule has 5 aromatic rings. The van der Waals surface area contributed by atoms with Gasteiger partial charge >= 0.3 is 5.97 Å². The van der Waals surface area contributed by atoms with Gasteiger partial charge in [-0.05, 0) is 49.2 Å². The van der Waals surface area contributed by atoms with Crippen LogP contribution in [-0.2, 0) is 9.53 Å². The lowest BCUT2D eigenvalue weighted by Gasteiger charge is -2.26. The van der Waals surface area contributed by atoms with Gasteiger partial charge in [-0.15, -0.1) is 0 Å². The number of rotatable bonds is 9. The first kappa shape index (κ1) is 31.2. The Morgan fingerprint density at radius 3 is 2.51 bits per heavy atom. The Bertz CT molecular complexity index is 2230. The van der Waals surface area contributed by atoms with E-state index in [1.165, 1.54) is 30.9 Å². The number of aromatic nitrogens is 1. The quantitative estimate of drug-likeness (QED) is 0.117. The lowest BCUT2D eigenvalue weighted by atomic mass is 9.93. The summed E-state index contributed by atoms with van der Waals surface area (Å²) in [4.78, 5) is 44.1. The predicted molar refractivity (Wildman–Crippen MR) is 176 cm³/mol. The minimum atomic E-state index is -0.915. The van der Waals surface area contributed by atoms with E-state index in [-0.39, 0.29) is 17.9 Å². The molecule has 0 fully saturated rings. The van der Waals surface area contributed by atoms with E-state index in [1.807, 2.05) is 37.3 Å². The molecule has 0 N–H and O–H groups in total. The molecular formula is C35H29N3O8S. The number of carbonyl (C=O) groups excluding carboxylic acids is 1. The molecule has 3 heterocycles. The zero-order valence-electron chi connectivity index (χ0n) is 25.9. The third-order valence-electron chi connectivity index (χ3n) is 7.69. The number of furan rings is 1. The summed E-state index contributed by atoms with van der Waals surface area (Å²) < 4.78 is 24.4. The molecule has 0 saturated heterocycles. The number of ether oxygens (including phenoxy) is 3. The average Bonchev–Trinajstić information content (AvgIpc) is 3.67. The van der Waals surface area contributed by atoms with Crippen LogP contribution in [0.5, 0.6) is 11.5 Å². The van der Waals surface area contributed by atoms with E-state index in [0.29, 0.717) is 54.7 Å². The summed E-state index contributed by atoms with van der Waals surface area (Å²) in [5.41, 5.74) is 2.77. The first-order valence-electron chi connectivity index (χ1n) is 14.6. The fourth-order valence-corrected chi connectivity index (χ4v) is 6.45. The number of thiazole rings is 1. The molecule has 0 spiro atoms. The fourth-order valence-electron chi connectivity index (χ4n) is 5.47. The van der Waals surface area contributed by atoms with Gasteiger partial charge in [0.15, 0.2) is 16.3 Å². The highest BCUT2D eigenvalue weighted by Gasteiger charge is 2.35. The van der Waals surface area contributed by atoms with Gasteiger partial charge in [0.25, 0.3) is 11.2 Å². The van der Waals surface area contributed by atoms with E-state index in [4.69, 9.17) is 23.6 Å². The molecule has 12 heteroatoms. The van der Waals surface area contributed by atoms with Gasteiger partial charge in [-0.1, -0.05) is 53.8 Å². The number of nitro groups is 1. The molecule has 238 valence electrons. The minimum Gasteiger partial charge on any atom is -0.493 e. The summed E-state index contributed by atoms with van der Waals surface area (Å²) >= 11 is 1.15. The molecule has 0 saturated carbocycles. The maximum Gasteiger partial charge on any atom is 0.338 e. The summed E-state index contributed by atoms with van der Waals surface area (Å²) in [6, 6.07) is 21.5. The van der Waals surface area contributed by atoms with Crippen molar-refractivity contribution in [2.75, 3.05) is 20.8 Å². The van der Waals surface area contributed by atoms with E-state index >= 15 is 0 Å². The van der Waals surface area contributed by atoms with Crippen LogP contribution < -0.4 is 24.4 Å². The molecule has 1 unspecified atom stereocenters. The topological polar surface area (TPSA) is 135 Å². The number of benzene rings is 3. The first-order valence-corrected chi connectivity index (χ1v) is 15.4. The van der Waals surface area contributed by atoms with Crippen molar-refractivity contribution in [3.8, 4) is 22.8 Å². The number of carbonyl (C=O) groups is 1. The molecule has 1 aliphatic heterocycles. The van der Waals surface area contributed by atoms with Crippen LogP contribution in [-0.4, -0.2) is 36.3 Å².